The van der Waals surface area contributed by atoms with Gasteiger partial charge in [0.05, 0.1) is 13.2 Å². The van der Waals surface area contributed by atoms with Crippen LogP contribution in [0, 0.1) is 6.92 Å². The summed E-state index contributed by atoms with van der Waals surface area (Å²) in [4.78, 5) is 14.0. The van der Waals surface area contributed by atoms with E-state index in [4.69, 9.17) is 4.74 Å². The molecule has 1 N–H and O–H groups in total. The fourth-order valence-electron chi connectivity index (χ4n) is 3.22. The van der Waals surface area contributed by atoms with E-state index in [1.165, 1.54) is 10.5 Å². The molecule has 0 radical (unpaired) electrons. The highest BCUT2D eigenvalue weighted by molar-refractivity contribution is 7.98. The topological polar surface area (TPSA) is 38.3 Å². The van der Waals surface area contributed by atoms with Gasteiger partial charge in [0.1, 0.15) is 5.75 Å². The lowest BCUT2D eigenvalue weighted by Crippen LogP contribution is -2.28. The van der Waals surface area contributed by atoms with Gasteiger partial charge in [-0.25, -0.2) is 0 Å². The minimum Gasteiger partial charge on any atom is -0.496 e. The zero-order chi connectivity index (χ0) is 20.6. The number of hydrogen-bond donors (Lipinski definition) is 1. The number of thioether (sulfide) groups is 1. The van der Waals surface area contributed by atoms with Crippen molar-refractivity contribution in [3.8, 4) is 5.75 Å². The molecule has 0 bridgehead atoms. The van der Waals surface area contributed by atoms with Crippen LogP contribution in [-0.4, -0.2) is 13.0 Å². The number of nitrogens with one attached hydrogen (secondary N) is 1. The van der Waals surface area contributed by atoms with Gasteiger partial charge < -0.3 is 10.1 Å². The third-order valence-electron chi connectivity index (χ3n) is 4.90. The average Bonchev–Trinajstić information content (AvgIpc) is 2.77. The summed E-state index contributed by atoms with van der Waals surface area (Å²) < 4.78 is 5.33. The Labute approximate surface area is 177 Å². The Bertz CT molecular complexity index is 939. The molecular formula is C25H27NO2S. The first-order valence-electron chi connectivity index (χ1n) is 9.83. The first kappa shape index (κ1) is 21.0. The highest BCUT2D eigenvalue weighted by Gasteiger charge is 2.15. The Morgan fingerprint density at radius 3 is 2.38 bits per heavy atom. The molecule has 0 saturated carbocycles. The molecule has 0 unspecified atom stereocenters. The van der Waals surface area contributed by atoms with Gasteiger partial charge in [-0.15, -0.1) is 11.8 Å². The number of ether oxygens (including phenoxy) is 1. The van der Waals surface area contributed by atoms with Gasteiger partial charge in [0, 0.05) is 16.2 Å². The van der Waals surface area contributed by atoms with Crippen molar-refractivity contribution in [2.45, 2.75) is 37.0 Å². The van der Waals surface area contributed by atoms with Crippen molar-refractivity contribution in [3.63, 3.8) is 0 Å². The molecule has 29 heavy (non-hydrogen) atoms. The summed E-state index contributed by atoms with van der Waals surface area (Å²) in [5.41, 5.74) is 4.04. The lowest BCUT2D eigenvalue weighted by atomic mass is 10.0. The van der Waals surface area contributed by atoms with E-state index in [-0.39, 0.29) is 11.9 Å². The number of carbonyl (C=O) groups excluding carboxylic acids is 1. The van der Waals surface area contributed by atoms with Crippen LogP contribution in [0.5, 0.6) is 5.75 Å². The lowest BCUT2D eigenvalue weighted by Gasteiger charge is -2.19. The van der Waals surface area contributed by atoms with Crippen molar-refractivity contribution in [3.05, 3.63) is 95.1 Å². The number of hydrogen-bond acceptors (Lipinski definition) is 3. The second-order valence-electron chi connectivity index (χ2n) is 6.96. The average molecular weight is 406 g/mol. The van der Waals surface area contributed by atoms with Crippen LogP contribution in [-0.2, 0) is 5.75 Å². The van der Waals surface area contributed by atoms with E-state index in [1.807, 2.05) is 61.5 Å². The summed E-state index contributed by atoms with van der Waals surface area (Å²) in [6.07, 6.45) is 0.823. The minimum absolute atomic E-state index is 0.0274. The Kier molecular flexibility index (Phi) is 7.36. The van der Waals surface area contributed by atoms with Crippen molar-refractivity contribution in [2.24, 2.45) is 0 Å². The molecule has 3 aromatic carbocycles. The van der Waals surface area contributed by atoms with Gasteiger partial charge in [0.15, 0.2) is 0 Å². The van der Waals surface area contributed by atoms with Gasteiger partial charge in [-0.05, 0) is 60.4 Å². The zero-order valence-electron chi connectivity index (χ0n) is 17.1. The van der Waals surface area contributed by atoms with Crippen molar-refractivity contribution >= 4 is 17.7 Å². The van der Waals surface area contributed by atoms with Crippen LogP contribution in [0.15, 0.2) is 77.7 Å². The Balaban J connectivity index is 1.62. The van der Waals surface area contributed by atoms with E-state index in [0.29, 0.717) is 5.56 Å². The zero-order valence-corrected chi connectivity index (χ0v) is 18.0. The summed E-state index contributed by atoms with van der Waals surface area (Å²) in [5.74, 6) is 1.70. The molecule has 0 aliphatic carbocycles. The van der Waals surface area contributed by atoms with E-state index in [0.717, 1.165) is 29.1 Å². The molecule has 0 saturated heterocycles. The molecule has 3 nitrogen and oxygen atoms in total. The van der Waals surface area contributed by atoms with Gasteiger partial charge in [-0.2, -0.15) is 0 Å². The van der Waals surface area contributed by atoms with Crippen molar-refractivity contribution in [1.82, 2.24) is 5.32 Å². The molecule has 0 heterocycles. The van der Waals surface area contributed by atoms with E-state index < -0.39 is 0 Å². The van der Waals surface area contributed by atoms with E-state index in [1.54, 1.807) is 18.9 Å². The molecule has 0 aromatic heterocycles. The SMILES string of the molecule is CC[C@H](NC(=O)c1ccc(CSc2ccccc2)cc1)c1ccc(OC)c(C)c1. The van der Waals surface area contributed by atoms with Gasteiger partial charge in [-0.3, -0.25) is 4.79 Å². The first-order valence-corrected chi connectivity index (χ1v) is 10.8. The fourth-order valence-corrected chi connectivity index (χ4v) is 4.09. The summed E-state index contributed by atoms with van der Waals surface area (Å²) in [7, 11) is 1.67. The third kappa shape index (κ3) is 5.64. The Hall–Kier alpha value is -2.72. The molecule has 0 spiro atoms. The van der Waals surface area contributed by atoms with E-state index >= 15 is 0 Å². The molecule has 0 aliphatic rings. The van der Waals surface area contributed by atoms with Crippen molar-refractivity contribution < 1.29 is 9.53 Å². The standard InChI is InChI=1S/C25H27NO2S/c1-4-23(21-14-15-24(28-3)18(2)16-21)26-25(27)20-12-10-19(11-13-20)17-29-22-8-6-5-7-9-22/h5-16,23H,4,17H2,1-3H3,(H,26,27)/t23-/m0/s1. The van der Waals surface area contributed by atoms with E-state index in [9.17, 15) is 4.79 Å². The smallest absolute Gasteiger partial charge is 0.251 e. The number of aryl methyl sites for hydroxylation is 1. The number of rotatable bonds is 8. The monoisotopic (exact) mass is 405 g/mol. The lowest BCUT2D eigenvalue weighted by molar-refractivity contribution is 0.0935. The van der Waals surface area contributed by atoms with Crippen LogP contribution in [0.3, 0.4) is 0 Å². The Morgan fingerprint density at radius 2 is 1.76 bits per heavy atom. The highest BCUT2D eigenvalue weighted by Crippen LogP contribution is 2.25. The maximum absolute atomic E-state index is 12.7. The van der Waals surface area contributed by atoms with Crippen molar-refractivity contribution in [1.29, 1.82) is 0 Å². The van der Waals surface area contributed by atoms with Crippen LogP contribution in [0.2, 0.25) is 0 Å². The number of amides is 1. The quantitative estimate of drug-likeness (QED) is 0.455. The van der Waals surface area contributed by atoms with Crippen LogP contribution in [0.1, 0.15) is 46.4 Å². The summed E-state index contributed by atoms with van der Waals surface area (Å²) >= 11 is 1.79. The van der Waals surface area contributed by atoms with Crippen LogP contribution in [0.4, 0.5) is 0 Å². The van der Waals surface area contributed by atoms with Crippen molar-refractivity contribution in [2.75, 3.05) is 7.11 Å². The highest BCUT2D eigenvalue weighted by atomic mass is 32.2. The minimum atomic E-state index is -0.0485. The molecule has 150 valence electrons. The predicted molar refractivity (Wildman–Crippen MR) is 121 cm³/mol. The summed E-state index contributed by atoms with van der Waals surface area (Å²) in [6.45, 7) is 4.09. The number of benzene rings is 3. The maximum Gasteiger partial charge on any atom is 0.251 e. The maximum atomic E-state index is 12.7. The summed E-state index contributed by atoms with van der Waals surface area (Å²) in [6, 6.07) is 24.2. The molecule has 1 amide bonds. The predicted octanol–water partition coefficient (Wildman–Crippen LogP) is 6.18. The third-order valence-corrected chi connectivity index (χ3v) is 5.98. The summed E-state index contributed by atoms with van der Waals surface area (Å²) in [5, 5.41) is 3.16. The van der Waals surface area contributed by atoms with Crippen LogP contribution < -0.4 is 10.1 Å². The molecule has 1 atom stereocenters. The fraction of sp³-hybridized carbons (Fsp3) is 0.240. The van der Waals surface area contributed by atoms with Crippen LogP contribution >= 0.6 is 11.8 Å². The molecule has 0 aliphatic heterocycles. The molecule has 3 rings (SSSR count). The number of methoxy groups -OCH3 is 1. The normalized spacial score (nSPS) is 11.7. The van der Waals surface area contributed by atoms with Crippen LogP contribution in [0.25, 0.3) is 0 Å². The molecule has 0 fully saturated rings. The Morgan fingerprint density at radius 1 is 1.03 bits per heavy atom. The first-order chi connectivity index (χ1) is 14.1. The second kappa shape index (κ2) is 10.2. The molecule has 3 aromatic rings. The molecule has 4 heteroatoms. The van der Waals surface area contributed by atoms with Gasteiger partial charge in [-0.1, -0.05) is 49.4 Å². The number of carbonyl (C=O) groups is 1. The second-order valence-corrected chi connectivity index (χ2v) is 8.01. The van der Waals surface area contributed by atoms with Gasteiger partial charge >= 0.3 is 0 Å². The largest absolute Gasteiger partial charge is 0.496 e. The van der Waals surface area contributed by atoms with Gasteiger partial charge in [0.25, 0.3) is 5.91 Å². The van der Waals surface area contributed by atoms with Gasteiger partial charge in [0.2, 0.25) is 0 Å². The van der Waals surface area contributed by atoms with E-state index in [2.05, 4.69) is 30.4 Å². The molecular weight excluding hydrogens is 378 g/mol.